The fourth-order valence-corrected chi connectivity index (χ4v) is 2.03. The van der Waals surface area contributed by atoms with E-state index in [1.165, 1.54) is 13.1 Å². The van der Waals surface area contributed by atoms with Crippen LogP contribution in [-0.4, -0.2) is 23.1 Å². The van der Waals surface area contributed by atoms with Gasteiger partial charge in [0.15, 0.2) is 0 Å². The highest BCUT2D eigenvalue weighted by Gasteiger charge is 2.30. The van der Waals surface area contributed by atoms with E-state index in [4.69, 9.17) is 5.73 Å². The predicted octanol–water partition coefficient (Wildman–Crippen LogP) is 2.82. The minimum absolute atomic E-state index is 0.300. The second-order valence-corrected chi connectivity index (χ2v) is 4.70. The molecule has 7 heteroatoms. The Kier molecular flexibility index (Phi) is 3.61. The van der Waals surface area contributed by atoms with Crippen LogP contribution in [0.1, 0.15) is 23.7 Å². The summed E-state index contributed by atoms with van der Waals surface area (Å²) < 4.78 is 36.7. The first-order valence-electron chi connectivity index (χ1n) is 6.00. The number of nitrogen functional groups attached to an aromatic ring is 1. The normalized spacial score (nSPS) is 13.4. The number of nitrogens with one attached hydrogen (secondary N) is 2. The van der Waals surface area contributed by atoms with Crippen molar-refractivity contribution in [2.24, 2.45) is 0 Å². The Morgan fingerprint density at radius 3 is 2.80 bits per heavy atom. The molecule has 0 bridgehead atoms. The van der Waals surface area contributed by atoms with Gasteiger partial charge in [-0.25, -0.2) is 0 Å². The Morgan fingerprint density at radius 2 is 2.15 bits per heavy atom. The fraction of sp³-hybridized carbons (Fsp3) is 0.308. The number of alkyl halides is 3. The molecule has 2 rings (SSSR count). The molecule has 4 nitrogen and oxygen atoms in total. The van der Waals surface area contributed by atoms with Gasteiger partial charge in [-0.2, -0.15) is 13.2 Å². The lowest BCUT2D eigenvalue weighted by Crippen LogP contribution is -2.35. The SMILES string of the molecule is CC(CC(F)(F)F)NC(=O)c1c[nH]c2cc(N)ccc12. The first kappa shape index (κ1) is 14.2. The number of fused-ring (bicyclic) bond motifs is 1. The smallest absolute Gasteiger partial charge is 0.391 e. The second-order valence-electron chi connectivity index (χ2n) is 4.70. The van der Waals surface area contributed by atoms with E-state index >= 15 is 0 Å². The van der Waals surface area contributed by atoms with Gasteiger partial charge in [0.05, 0.1) is 12.0 Å². The van der Waals surface area contributed by atoms with Gasteiger partial charge in [-0.15, -0.1) is 0 Å². The average molecular weight is 285 g/mol. The molecular formula is C13H14F3N3O. The molecule has 20 heavy (non-hydrogen) atoms. The Hall–Kier alpha value is -2.18. The van der Waals surface area contributed by atoms with Crippen molar-refractivity contribution in [1.29, 1.82) is 0 Å². The van der Waals surface area contributed by atoms with Crippen LogP contribution < -0.4 is 11.1 Å². The van der Waals surface area contributed by atoms with E-state index in [0.29, 0.717) is 22.2 Å². The second kappa shape index (κ2) is 5.07. The number of rotatable bonds is 3. The van der Waals surface area contributed by atoms with Crippen LogP contribution in [0.5, 0.6) is 0 Å². The molecule has 1 aromatic carbocycles. The number of halogens is 3. The molecule has 0 aliphatic carbocycles. The zero-order valence-electron chi connectivity index (χ0n) is 10.7. The predicted molar refractivity (Wildman–Crippen MR) is 70.3 cm³/mol. The van der Waals surface area contributed by atoms with Gasteiger partial charge in [-0.05, 0) is 25.1 Å². The van der Waals surface area contributed by atoms with Crippen molar-refractivity contribution >= 4 is 22.5 Å². The van der Waals surface area contributed by atoms with Crippen molar-refractivity contribution in [3.63, 3.8) is 0 Å². The number of amides is 1. The number of aromatic nitrogens is 1. The summed E-state index contributed by atoms with van der Waals surface area (Å²) in [5.74, 6) is -0.544. The number of aromatic amines is 1. The summed E-state index contributed by atoms with van der Waals surface area (Å²) in [6.07, 6.45) is -3.91. The Morgan fingerprint density at radius 1 is 1.45 bits per heavy atom. The van der Waals surface area contributed by atoms with E-state index in [2.05, 4.69) is 10.3 Å². The summed E-state index contributed by atoms with van der Waals surface area (Å²) in [6, 6.07) is 3.96. The van der Waals surface area contributed by atoms with Crippen LogP contribution in [0.25, 0.3) is 10.9 Å². The van der Waals surface area contributed by atoms with Gasteiger partial charge in [0.2, 0.25) is 0 Å². The van der Waals surface area contributed by atoms with Gasteiger partial charge in [-0.3, -0.25) is 4.79 Å². The van der Waals surface area contributed by atoms with Gasteiger partial charge in [0.25, 0.3) is 5.91 Å². The molecule has 0 radical (unpaired) electrons. The van der Waals surface area contributed by atoms with Gasteiger partial charge in [-0.1, -0.05) is 0 Å². The standard InChI is InChI=1S/C13H14F3N3O/c1-7(5-13(14,15)16)19-12(20)10-6-18-11-4-8(17)2-3-9(10)11/h2-4,6-7,18H,5,17H2,1H3,(H,19,20). The van der Waals surface area contributed by atoms with Gasteiger partial charge >= 0.3 is 6.18 Å². The topological polar surface area (TPSA) is 70.9 Å². The maximum atomic E-state index is 12.2. The molecule has 1 unspecified atom stereocenters. The van der Waals surface area contributed by atoms with Crippen LogP contribution in [0.3, 0.4) is 0 Å². The number of H-pyrrole nitrogens is 1. The number of hydrogen-bond acceptors (Lipinski definition) is 2. The molecule has 0 aliphatic rings. The van der Waals surface area contributed by atoms with E-state index in [1.807, 2.05) is 0 Å². The molecule has 0 aliphatic heterocycles. The summed E-state index contributed by atoms with van der Waals surface area (Å²) in [5, 5.41) is 2.96. The third-order valence-electron chi connectivity index (χ3n) is 2.87. The largest absolute Gasteiger partial charge is 0.399 e. The lowest BCUT2D eigenvalue weighted by molar-refractivity contribution is -0.138. The maximum Gasteiger partial charge on any atom is 0.391 e. The highest BCUT2D eigenvalue weighted by Crippen LogP contribution is 2.23. The number of hydrogen-bond donors (Lipinski definition) is 3. The molecular weight excluding hydrogens is 271 g/mol. The summed E-state index contributed by atoms with van der Waals surface area (Å²) in [7, 11) is 0. The fourth-order valence-electron chi connectivity index (χ4n) is 2.03. The zero-order chi connectivity index (χ0) is 14.9. The van der Waals surface area contributed by atoms with Crippen LogP contribution >= 0.6 is 0 Å². The molecule has 0 saturated heterocycles. The minimum Gasteiger partial charge on any atom is -0.399 e. The number of carbonyl (C=O) groups is 1. The van der Waals surface area contributed by atoms with Gasteiger partial charge < -0.3 is 16.0 Å². The lowest BCUT2D eigenvalue weighted by atomic mass is 10.1. The van der Waals surface area contributed by atoms with E-state index < -0.39 is 24.5 Å². The van der Waals surface area contributed by atoms with Crippen molar-refractivity contribution in [2.45, 2.75) is 25.6 Å². The molecule has 0 spiro atoms. The summed E-state index contributed by atoms with van der Waals surface area (Å²) in [5.41, 5.74) is 7.12. The molecule has 2 aromatic rings. The molecule has 1 atom stereocenters. The van der Waals surface area contributed by atoms with Gasteiger partial charge in [0, 0.05) is 28.8 Å². The van der Waals surface area contributed by atoms with E-state index in [-0.39, 0.29) is 0 Å². The molecule has 1 heterocycles. The zero-order valence-corrected chi connectivity index (χ0v) is 10.7. The van der Waals surface area contributed by atoms with Crippen LogP contribution in [0, 0.1) is 0 Å². The Labute approximate surface area is 113 Å². The number of anilines is 1. The molecule has 0 saturated carbocycles. The summed E-state index contributed by atoms with van der Waals surface area (Å²) in [6.45, 7) is 1.32. The Balaban J connectivity index is 2.16. The van der Waals surface area contributed by atoms with Crippen molar-refractivity contribution in [3.05, 3.63) is 30.0 Å². The maximum absolute atomic E-state index is 12.2. The highest BCUT2D eigenvalue weighted by molar-refractivity contribution is 6.07. The van der Waals surface area contributed by atoms with E-state index in [1.54, 1.807) is 18.2 Å². The highest BCUT2D eigenvalue weighted by atomic mass is 19.4. The van der Waals surface area contributed by atoms with Crippen molar-refractivity contribution in [1.82, 2.24) is 10.3 Å². The average Bonchev–Trinajstić information content (AvgIpc) is 2.68. The first-order valence-corrected chi connectivity index (χ1v) is 6.00. The van der Waals surface area contributed by atoms with Crippen LogP contribution in [-0.2, 0) is 0 Å². The molecule has 108 valence electrons. The van der Waals surface area contributed by atoms with Crippen LogP contribution in [0.2, 0.25) is 0 Å². The summed E-state index contributed by atoms with van der Waals surface area (Å²) >= 11 is 0. The van der Waals surface area contributed by atoms with Crippen molar-refractivity contribution in [2.75, 3.05) is 5.73 Å². The molecule has 1 amide bonds. The number of benzene rings is 1. The van der Waals surface area contributed by atoms with E-state index in [9.17, 15) is 18.0 Å². The number of carbonyl (C=O) groups excluding carboxylic acids is 1. The summed E-state index contributed by atoms with van der Waals surface area (Å²) in [4.78, 5) is 14.8. The molecule has 0 fully saturated rings. The quantitative estimate of drug-likeness (QED) is 0.759. The Bertz CT molecular complexity index is 633. The van der Waals surface area contributed by atoms with Crippen LogP contribution in [0.15, 0.2) is 24.4 Å². The first-order chi connectivity index (χ1) is 9.26. The third kappa shape index (κ3) is 3.23. The van der Waals surface area contributed by atoms with Gasteiger partial charge in [0.1, 0.15) is 0 Å². The molecule has 4 N–H and O–H groups in total. The lowest BCUT2D eigenvalue weighted by Gasteiger charge is -2.15. The van der Waals surface area contributed by atoms with E-state index in [0.717, 1.165) is 0 Å². The monoisotopic (exact) mass is 285 g/mol. The van der Waals surface area contributed by atoms with Crippen LogP contribution in [0.4, 0.5) is 18.9 Å². The van der Waals surface area contributed by atoms with Crippen molar-refractivity contribution < 1.29 is 18.0 Å². The van der Waals surface area contributed by atoms with Crippen molar-refractivity contribution in [3.8, 4) is 0 Å². The number of nitrogens with two attached hydrogens (primary N) is 1. The minimum atomic E-state index is -4.30. The molecule has 1 aromatic heterocycles. The third-order valence-corrected chi connectivity index (χ3v) is 2.87.